The number of nitrogens with one attached hydrogen (secondary N) is 1. The van der Waals surface area contributed by atoms with E-state index in [1.54, 1.807) is 6.07 Å². The number of carboxylic acids is 1. The van der Waals surface area contributed by atoms with Crippen molar-refractivity contribution in [1.29, 1.82) is 0 Å². The molecule has 0 amide bonds. The van der Waals surface area contributed by atoms with Crippen molar-refractivity contribution in [2.75, 3.05) is 0 Å². The van der Waals surface area contributed by atoms with E-state index in [0.717, 1.165) is 32.7 Å². The van der Waals surface area contributed by atoms with E-state index in [1.165, 1.54) is 0 Å². The van der Waals surface area contributed by atoms with Gasteiger partial charge in [-0.1, -0.05) is 30.3 Å². The van der Waals surface area contributed by atoms with E-state index in [-0.39, 0.29) is 5.69 Å². The summed E-state index contributed by atoms with van der Waals surface area (Å²) in [5, 5.41) is 12.1. The van der Waals surface area contributed by atoms with Crippen LogP contribution in [0.5, 0.6) is 0 Å². The monoisotopic (exact) mass is 262 g/mol. The number of benzene rings is 2. The second-order valence-corrected chi connectivity index (χ2v) is 4.73. The van der Waals surface area contributed by atoms with E-state index in [1.807, 2.05) is 42.5 Å². The first-order valence-electron chi connectivity index (χ1n) is 6.27. The molecule has 0 aliphatic heterocycles. The van der Waals surface area contributed by atoms with Crippen molar-refractivity contribution < 1.29 is 9.90 Å². The molecule has 2 N–H and O–H groups in total. The van der Waals surface area contributed by atoms with Crippen LogP contribution in [0.15, 0.2) is 48.5 Å². The standard InChI is InChI=1S/C16H10N2O2/c19-16(20)13-8-6-9-5-7-12-14(15(9)18-13)10-3-1-2-4-11(10)17-12/h1-8,18H,(H,19,20). The highest BCUT2D eigenvalue weighted by atomic mass is 16.4. The molecule has 4 aromatic rings. The molecule has 0 bridgehead atoms. The van der Waals surface area contributed by atoms with Crippen molar-refractivity contribution in [2.24, 2.45) is 0 Å². The van der Waals surface area contributed by atoms with Gasteiger partial charge in [0.2, 0.25) is 0 Å². The summed E-state index contributed by atoms with van der Waals surface area (Å²) >= 11 is 0. The molecule has 0 spiro atoms. The Kier molecular flexibility index (Phi) is 2.09. The second kappa shape index (κ2) is 3.81. The average Bonchev–Trinajstić information content (AvgIpc) is 2.85. The summed E-state index contributed by atoms with van der Waals surface area (Å²) in [4.78, 5) is 18.7. The Hall–Kier alpha value is -2.88. The summed E-state index contributed by atoms with van der Waals surface area (Å²) in [6.45, 7) is 0. The van der Waals surface area contributed by atoms with Crippen LogP contribution < -0.4 is 0 Å². The van der Waals surface area contributed by atoms with Gasteiger partial charge in [-0.25, -0.2) is 9.78 Å². The molecule has 4 heteroatoms. The lowest BCUT2D eigenvalue weighted by Gasteiger charge is -2.03. The SMILES string of the molecule is O=C(O)c1ccc2ccc3nc4ccccc4c3c2[nH]1. The van der Waals surface area contributed by atoms with E-state index >= 15 is 0 Å². The molecule has 0 unspecified atom stereocenters. The molecule has 2 aromatic carbocycles. The molecule has 2 heterocycles. The lowest BCUT2D eigenvalue weighted by molar-refractivity contribution is 0.0691. The van der Waals surface area contributed by atoms with E-state index in [2.05, 4.69) is 9.97 Å². The average molecular weight is 262 g/mol. The number of nitrogens with zero attached hydrogens (tertiary/aromatic N) is 1. The van der Waals surface area contributed by atoms with Gasteiger partial charge in [0.25, 0.3) is 0 Å². The Morgan fingerprint density at radius 1 is 1.00 bits per heavy atom. The van der Waals surface area contributed by atoms with E-state index in [4.69, 9.17) is 5.11 Å². The molecule has 0 aliphatic carbocycles. The first kappa shape index (κ1) is 11.0. The first-order valence-corrected chi connectivity index (χ1v) is 6.27. The Morgan fingerprint density at radius 2 is 1.80 bits per heavy atom. The maximum atomic E-state index is 11.1. The number of carbonyl (C=O) groups is 1. The highest BCUT2D eigenvalue weighted by molar-refractivity contribution is 6.19. The zero-order valence-corrected chi connectivity index (χ0v) is 10.4. The smallest absolute Gasteiger partial charge is 0.352 e. The van der Waals surface area contributed by atoms with Crippen LogP contribution in [-0.4, -0.2) is 21.0 Å². The molecule has 0 saturated carbocycles. The molecule has 2 aromatic heterocycles. The fraction of sp³-hybridized carbons (Fsp3) is 0. The Morgan fingerprint density at radius 3 is 2.65 bits per heavy atom. The maximum absolute atomic E-state index is 11.1. The number of rotatable bonds is 1. The fourth-order valence-electron chi connectivity index (χ4n) is 2.63. The number of aromatic nitrogens is 2. The fourth-order valence-corrected chi connectivity index (χ4v) is 2.63. The van der Waals surface area contributed by atoms with Crippen molar-refractivity contribution in [3.05, 3.63) is 54.2 Å². The third-order valence-corrected chi connectivity index (χ3v) is 3.55. The van der Waals surface area contributed by atoms with E-state index < -0.39 is 5.97 Å². The number of hydrogen-bond donors (Lipinski definition) is 2. The summed E-state index contributed by atoms with van der Waals surface area (Å²) in [5.74, 6) is -0.965. The van der Waals surface area contributed by atoms with Gasteiger partial charge in [0.05, 0.1) is 16.6 Å². The lowest BCUT2D eigenvalue weighted by Crippen LogP contribution is -1.99. The van der Waals surface area contributed by atoms with E-state index in [9.17, 15) is 4.79 Å². The minimum atomic E-state index is -0.965. The molecule has 0 aliphatic rings. The number of pyridine rings is 1. The summed E-state index contributed by atoms with van der Waals surface area (Å²) in [5.41, 5.74) is 2.79. The van der Waals surface area contributed by atoms with Crippen LogP contribution in [0.3, 0.4) is 0 Å². The molecule has 4 rings (SSSR count). The zero-order chi connectivity index (χ0) is 13.7. The van der Waals surface area contributed by atoms with Gasteiger partial charge >= 0.3 is 5.97 Å². The van der Waals surface area contributed by atoms with Crippen molar-refractivity contribution in [3.63, 3.8) is 0 Å². The van der Waals surface area contributed by atoms with Crippen molar-refractivity contribution in [1.82, 2.24) is 9.97 Å². The molecule has 0 atom stereocenters. The summed E-state index contributed by atoms with van der Waals surface area (Å²) in [6, 6.07) is 15.2. The van der Waals surface area contributed by atoms with E-state index in [0.29, 0.717) is 0 Å². The van der Waals surface area contributed by atoms with Crippen LogP contribution in [0.2, 0.25) is 0 Å². The van der Waals surface area contributed by atoms with Gasteiger partial charge < -0.3 is 10.1 Å². The van der Waals surface area contributed by atoms with Gasteiger partial charge in [-0.15, -0.1) is 0 Å². The molecule has 20 heavy (non-hydrogen) atoms. The quantitative estimate of drug-likeness (QED) is 0.551. The van der Waals surface area contributed by atoms with Gasteiger partial charge in [-0.2, -0.15) is 0 Å². The third-order valence-electron chi connectivity index (χ3n) is 3.55. The largest absolute Gasteiger partial charge is 0.477 e. The second-order valence-electron chi connectivity index (χ2n) is 4.73. The molecule has 0 radical (unpaired) electrons. The minimum absolute atomic E-state index is 0.176. The number of fused-ring (bicyclic) bond motifs is 5. The van der Waals surface area contributed by atoms with Crippen molar-refractivity contribution in [3.8, 4) is 0 Å². The van der Waals surface area contributed by atoms with Crippen LogP contribution in [-0.2, 0) is 0 Å². The molecule has 96 valence electrons. The first-order chi connectivity index (χ1) is 9.74. The number of aromatic carboxylic acids is 1. The number of para-hydroxylation sites is 1. The highest BCUT2D eigenvalue weighted by Gasteiger charge is 2.11. The number of H-pyrrole nitrogens is 1. The highest BCUT2D eigenvalue weighted by Crippen LogP contribution is 2.31. The van der Waals surface area contributed by atoms with Gasteiger partial charge in [0.1, 0.15) is 5.69 Å². The van der Waals surface area contributed by atoms with Crippen LogP contribution in [0.4, 0.5) is 0 Å². The van der Waals surface area contributed by atoms with Crippen LogP contribution in [0.1, 0.15) is 10.5 Å². The van der Waals surface area contributed by atoms with Gasteiger partial charge in [0, 0.05) is 10.8 Å². The van der Waals surface area contributed by atoms with Gasteiger partial charge in [0.15, 0.2) is 0 Å². The van der Waals surface area contributed by atoms with Crippen LogP contribution in [0.25, 0.3) is 32.7 Å². The predicted molar refractivity (Wildman–Crippen MR) is 78.1 cm³/mol. The molecule has 4 nitrogen and oxygen atoms in total. The number of carboxylic acid groups (broad SMARTS) is 1. The Labute approximate surface area is 113 Å². The topological polar surface area (TPSA) is 66.0 Å². The summed E-state index contributed by atoms with van der Waals surface area (Å²) < 4.78 is 0. The van der Waals surface area contributed by atoms with Gasteiger partial charge in [-0.3, -0.25) is 0 Å². The van der Waals surface area contributed by atoms with Crippen LogP contribution in [0, 0.1) is 0 Å². The molecule has 0 saturated heterocycles. The zero-order valence-electron chi connectivity index (χ0n) is 10.4. The molecule has 0 fully saturated rings. The van der Waals surface area contributed by atoms with Crippen molar-refractivity contribution in [2.45, 2.75) is 0 Å². The number of aromatic amines is 1. The Bertz CT molecular complexity index is 986. The summed E-state index contributed by atoms with van der Waals surface area (Å²) in [6.07, 6.45) is 0. The normalized spacial score (nSPS) is 11.4. The van der Waals surface area contributed by atoms with Crippen LogP contribution >= 0.6 is 0 Å². The van der Waals surface area contributed by atoms with Crippen molar-refractivity contribution >= 4 is 38.7 Å². The third kappa shape index (κ3) is 1.42. The maximum Gasteiger partial charge on any atom is 0.352 e. The summed E-state index contributed by atoms with van der Waals surface area (Å²) in [7, 11) is 0. The molecular weight excluding hydrogens is 252 g/mol. The number of hydrogen-bond acceptors (Lipinski definition) is 2. The predicted octanol–water partition coefficient (Wildman–Crippen LogP) is 3.57. The Balaban J connectivity index is 2.25. The molecular formula is C16H10N2O2. The lowest BCUT2D eigenvalue weighted by atomic mass is 10.1. The minimum Gasteiger partial charge on any atom is -0.477 e. The van der Waals surface area contributed by atoms with Gasteiger partial charge in [-0.05, 0) is 23.6 Å².